The summed E-state index contributed by atoms with van der Waals surface area (Å²) in [5.74, 6) is 0. The molecule has 0 aliphatic heterocycles. The normalized spacial score (nSPS) is 45.0. The van der Waals surface area contributed by atoms with Gasteiger partial charge in [0.1, 0.15) is 12.3 Å². The minimum absolute atomic E-state index is 0.146. The maximum Gasteiger partial charge on any atom is 0.133 e. The Morgan fingerprint density at radius 2 is 1.78 bits per heavy atom. The Labute approximate surface area is 58.2 Å². The minimum Gasteiger partial charge on any atom is -0.244 e. The summed E-state index contributed by atoms with van der Waals surface area (Å²) in [6, 6.07) is 0. The quantitative estimate of drug-likeness (QED) is 0.470. The number of hydrogen-bond donors (Lipinski definition) is 0. The third-order valence-electron chi connectivity index (χ3n) is 1.63. The monoisotopic (exact) mass is 154 g/mol. The van der Waals surface area contributed by atoms with Crippen LogP contribution in [0.5, 0.6) is 0 Å². The first-order valence-electron chi connectivity index (χ1n) is 3.12. The van der Waals surface area contributed by atoms with Crippen molar-refractivity contribution in [1.29, 1.82) is 0 Å². The number of rotatable bonds is 0. The molecule has 3 atom stereocenters. The van der Waals surface area contributed by atoms with Crippen LogP contribution in [0.4, 0.5) is 8.78 Å². The van der Waals surface area contributed by atoms with Crippen molar-refractivity contribution in [3.8, 4) is 0 Å². The summed E-state index contributed by atoms with van der Waals surface area (Å²) < 4.78 is 24.7. The molecule has 0 saturated heterocycles. The van der Waals surface area contributed by atoms with Crippen LogP contribution >= 0.6 is 11.6 Å². The maximum atomic E-state index is 12.4. The highest BCUT2D eigenvalue weighted by molar-refractivity contribution is 6.20. The molecular weight excluding hydrogens is 146 g/mol. The molecule has 0 nitrogen and oxygen atoms in total. The Hall–Kier alpha value is 0.150. The number of hydrogen-bond acceptors (Lipinski definition) is 0. The van der Waals surface area contributed by atoms with Crippen molar-refractivity contribution in [2.75, 3.05) is 0 Å². The van der Waals surface area contributed by atoms with Crippen molar-refractivity contribution in [3.05, 3.63) is 0 Å². The Morgan fingerprint density at radius 1 is 1.11 bits per heavy atom. The lowest BCUT2D eigenvalue weighted by molar-refractivity contribution is 0.121. The molecule has 1 aliphatic carbocycles. The molecule has 0 aromatic carbocycles. The van der Waals surface area contributed by atoms with E-state index in [0.717, 1.165) is 0 Å². The molecule has 0 radical (unpaired) electrons. The van der Waals surface area contributed by atoms with Crippen LogP contribution in [0, 0.1) is 0 Å². The van der Waals surface area contributed by atoms with Gasteiger partial charge in [-0.2, -0.15) is 0 Å². The van der Waals surface area contributed by atoms with E-state index < -0.39 is 12.3 Å². The molecule has 3 heteroatoms. The fourth-order valence-corrected chi connectivity index (χ4v) is 1.33. The van der Waals surface area contributed by atoms with E-state index in [2.05, 4.69) is 0 Å². The Balaban J connectivity index is 2.35. The second-order valence-corrected chi connectivity index (χ2v) is 3.06. The molecule has 0 amide bonds. The van der Waals surface area contributed by atoms with Crippen molar-refractivity contribution < 1.29 is 8.78 Å². The van der Waals surface area contributed by atoms with Crippen molar-refractivity contribution in [3.63, 3.8) is 0 Å². The summed E-state index contributed by atoms with van der Waals surface area (Å²) in [5, 5.41) is -0.146. The summed E-state index contributed by atoms with van der Waals surface area (Å²) in [5.41, 5.74) is 0. The lowest BCUT2D eigenvalue weighted by Crippen LogP contribution is -2.27. The smallest absolute Gasteiger partial charge is 0.133 e. The fraction of sp³-hybridized carbons (Fsp3) is 1.00. The molecule has 9 heavy (non-hydrogen) atoms. The van der Waals surface area contributed by atoms with Crippen LogP contribution in [0.15, 0.2) is 0 Å². The largest absolute Gasteiger partial charge is 0.244 e. The first-order valence-corrected chi connectivity index (χ1v) is 3.56. The first kappa shape index (κ1) is 7.26. The lowest BCUT2D eigenvalue weighted by atomic mass is 9.97. The van der Waals surface area contributed by atoms with Gasteiger partial charge < -0.3 is 0 Å². The van der Waals surface area contributed by atoms with Crippen molar-refractivity contribution in [2.24, 2.45) is 0 Å². The van der Waals surface area contributed by atoms with Crippen LogP contribution in [0.25, 0.3) is 0 Å². The zero-order valence-corrected chi connectivity index (χ0v) is 5.74. The van der Waals surface area contributed by atoms with Crippen LogP contribution in [0.2, 0.25) is 0 Å². The van der Waals surface area contributed by atoms with Gasteiger partial charge in [0.15, 0.2) is 0 Å². The standard InChI is InChI=1S/C6H9ClF2/c7-4-1-2-5(8)6(9)3-4/h4-6H,1-3H2. The average Bonchev–Trinajstić information content (AvgIpc) is 1.80. The highest BCUT2D eigenvalue weighted by atomic mass is 35.5. The summed E-state index contributed by atoms with van der Waals surface area (Å²) in [6.45, 7) is 0. The summed E-state index contributed by atoms with van der Waals surface area (Å²) in [4.78, 5) is 0. The van der Waals surface area contributed by atoms with Gasteiger partial charge in [0, 0.05) is 5.38 Å². The Morgan fingerprint density at radius 3 is 2.22 bits per heavy atom. The highest BCUT2D eigenvalue weighted by Gasteiger charge is 2.28. The van der Waals surface area contributed by atoms with Gasteiger partial charge in [-0.15, -0.1) is 11.6 Å². The van der Waals surface area contributed by atoms with Gasteiger partial charge in [0.05, 0.1) is 0 Å². The zero-order valence-electron chi connectivity index (χ0n) is 4.99. The summed E-state index contributed by atoms with van der Waals surface area (Å²) in [7, 11) is 0. The van der Waals surface area contributed by atoms with E-state index in [-0.39, 0.29) is 18.2 Å². The summed E-state index contributed by atoms with van der Waals surface area (Å²) >= 11 is 5.57. The molecule has 0 N–H and O–H groups in total. The molecule has 1 fully saturated rings. The van der Waals surface area contributed by atoms with Gasteiger partial charge in [0.2, 0.25) is 0 Å². The zero-order chi connectivity index (χ0) is 6.85. The highest BCUT2D eigenvalue weighted by Crippen LogP contribution is 2.27. The topological polar surface area (TPSA) is 0 Å². The molecule has 0 aromatic rings. The van der Waals surface area contributed by atoms with Crippen LogP contribution in [0.1, 0.15) is 19.3 Å². The maximum absolute atomic E-state index is 12.4. The van der Waals surface area contributed by atoms with E-state index in [1.807, 2.05) is 0 Å². The van der Waals surface area contributed by atoms with Crippen molar-refractivity contribution in [1.82, 2.24) is 0 Å². The SMILES string of the molecule is FC1CCC(Cl)CC1F. The molecular formula is C6H9ClF2. The Kier molecular flexibility index (Phi) is 2.28. The average molecular weight is 155 g/mol. The molecule has 0 spiro atoms. The first-order chi connectivity index (χ1) is 4.20. The Bertz CT molecular complexity index is 97.1. The van der Waals surface area contributed by atoms with E-state index in [1.54, 1.807) is 0 Å². The van der Waals surface area contributed by atoms with E-state index in [0.29, 0.717) is 6.42 Å². The van der Waals surface area contributed by atoms with E-state index >= 15 is 0 Å². The van der Waals surface area contributed by atoms with Gasteiger partial charge in [-0.3, -0.25) is 0 Å². The van der Waals surface area contributed by atoms with Gasteiger partial charge in [-0.1, -0.05) is 0 Å². The van der Waals surface area contributed by atoms with E-state index in [1.165, 1.54) is 0 Å². The van der Waals surface area contributed by atoms with Crippen molar-refractivity contribution >= 4 is 11.6 Å². The number of halogens is 3. The van der Waals surface area contributed by atoms with E-state index in [4.69, 9.17) is 11.6 Å². The third-order valence-corrected chi connectivity index (χ3v) is 2.03. The molecule has 0 heterocycles. The van der Waals surface area contributed by atoms with E-state index in [9.17, 15) is 8.78 Å². The molecule has 3 unspecified atom stereocenters. The van der Waals surface area contributed by atoms with Crippen molar-refractivity contribution in [2.45, 2.75) is 37.0 Å². The fourth-order valence-electron chi connectivity index (χ4n) is 1.03. The second kappa shape index (κ2) is 2.82. The molecule has 1 rings (SSSR count). The number of alkyl halides is 3. The molecule has 1 aliphatic rings. The van der Waals surface area contributed by atoms with Gasteiger partial charge in [0.25, 0.3) is 0 Å². The van der Waals surface area contributed by atoms with Crippen LogP contribution in [-0.2, 0) is 0 Å². The van der Waals surface area contributed by atoms with Crippen LogP contribution in [-0.4, -0.2) is 17.7 Å². The molecule has 1 saturated carbocycles. The van der Waals surface area contributed by atoms with Gasteiger partial charge in [-0.05, 0) is 19.3 Å². The van der Waals surface area contributed by atoms with Gasteiger partial charge in [-0.25, -0.2) is 8.78 Å². The summed E-state index contributed by atoms with van der Waals surface area (Å²) in [6.07, 6.45) is -1.50. The van der Waals surface area contributed by atoms with Crippen LogP contribution in [0.3, 0.4) is 0 Å². The molecule has 0 aromatic heterocycles. The van der Waals surface area contributed by atoms with Gasteiger partial charge >= 0.3 is 0 Å². The second-order valence-electron chi connectivity index (χ2n) is 2.44. The third kappa shape index (κ3) is 1.78. The lowest BCUT2D eigenvalue weighted by Gasteiger charge is -2.22. The predicted octanol–water partition coefficient (Wildman–Crippen LogP) is 2.45. The predicted molar refractivity (Wildman–Crippen MR) is 33.3 cm³/mol. The molecule has 0 bridgehead atoms. The minimum atomic E-state index is -1.32. The van der Waals surface area contributed by atoms with Crippen LogP contribution < -0.4 is 0 Å². The molecule has 54 valence electrons.